The maximum absolute atomic E-state index is 11.7. The van der Waals surface area contributed by atoms with Gasteiger partial charge in [-0.2, -0.15) is 0 Å². The van der Waals surface area contributed by atoms with Gasteiger partial charge in [0, 0.05) is 11.6 Å². The Hall–Kier alpha value is -0.650. The number of ether oxygens (including phenoxy) is 1. The van der Waals surface area contributed by atoms with Gasteiger partial charge in [-0.3, -0.25) is 4.98 Å². The Morgan fingerprint density at radius 1 is 1.53 bits per heavy atom. The van der Waals surface area contributed by atoms with E-state index in [0.717, 1.165) is 5.39 Å². The fourth-order valence-electron chi connectivity index (χ4n) is 1.43. The average Bonchev–Trinajstić information content (AvgIpc) is 2.45. The molecule has 9 heteroatoms. The molecule has 19 heavy (non-hydrogen) atoms. The molecule has 100 valence electrons. The summed E-state index contributed by atoms with van der Waals surface area (Å²) in [5.74, 6) is -0.412. The highest BCUT2D eigenvalue weighted by Crippen LogP contribution is 2.34. The van der Waals surface area contributed by atoms with Crippen LogP contribution in [0.3, 0.4) is 0 Å². The van der Waals surface area contributed by atoms with Gasteiger partial charge in [-0.05, 0) is 28.1 Å². The molecule has 2 rings (SSSR count). The van der Waals surface area contributed by atoms with Crippen LogP contribution in [0.25, 0.3) is 10.9 Å². The van der Waals surface area contributed by atoms with Crippen molar-refractivity contribution < 1.29 is 16.2 Å². The lowest BCUT2D eigenvalue weighted by molar-refractivity contribution is 0.0592. The highest BCUT2D eigenvalue weighted by Gasteiger charge is 2.22. The van der Waals surface area contributed by atoms with E-state index in [1.807, 2.05) is 6.07 Å². The van der Waals surface area contributed by atoms with Gasteiger partial charge in [-0.1, -0.05) is 0 Å². The number of nitrogens with zero attached hydrogens (tertiary/aromatic N) is 2. The molecular weight excluding hydrogens is 451 g/mol. The van der Waals surface area contributed by atoms with Crippen molar-refractivity contribution in [3.8, 4) is 5.75 Å². The molecule has 0 aromatic carbocycles. The molecule has 2 aromatic heterocycles. The molecule has 2 aromatic rings. The van der Waals surface area contributed by atoms with Crippen molar-refractivity contribution in [2.45, 2.75) is 0 Å². The van der Waals surface area contributed by atoms with E-state index in [1.54, 1.807) is 35.3 Å². The molecule has 0 N–H and O–H groups in total. The lowest BCUT2D eigenvalue weighted by Crippen LogP contribution is -2.08. The van der Waals surface area contributed by atoms with Gasteiger partial charge in [0.25, 0.3) is 0 Å². The van der Waals surface area contributed by atoms with E-state index in [4.69, 9.17) is 6.70 Å². The van der Waals surface area contributed by atoms with E-state index in [9.17, 15) is 4.79 Å². The molecule has 2 heterocycles. The number of rotatable bonds is 4. The molecule has 0 aliphatic carbocycles. The van der Waals surface area contributed by atoms with Crippen LogP contribution in [-0.4, -0.2) is 23.0 Å². The molecule has 0 amide bonds. The van der Waals surface area contributed by atoms with Crippen LogP contribution in [0.4, 0.5) is 0 Å². The third kappa shape index (κ3) is 3.09. The number of aromatic nitrogens is 2. The minimum atomic E-state index is -0.614. The molecule has 0 spiro atoms. The highest BCUT2D eigenvalue weighted by molar-refractivity contribution is 14.1. The predicted molar refractivity (Wildman–Crippen MR) is 81.9 cm³/mol. The highest BCUT2D eigenvalue weighted by atomic mass is 127. The number of methoxy groups -OCH3 is 1. The van der Waals surface area contributed by atoms with E-state index >= 15 is 0 Å². The Morgan fingerprint density at radius 3 is 3.00 bits per heavy atom. The second-order valence-corrected chi connectivity index (χ2v) is 5.44. The summed E-state index contributed by atoms with van der Waals surface area (Å²) in [7, 11) is 1.27. The van der Waals surface area contributed by atoms with Crippen LogP contribution in [0.1, 0.15) is 10.5 Å². The quantitative estimate of drug-likeness (QED) is 0.302. The monoisotopic (exact) mass is 456 g/mol. The average molecular weight is 457 g/mol. The topological polar surface area (TPSA) is 70.5 Å². The summed E-state index contributed by atoms with van der Waals surface area (Å²) in [5.41, 5.74) is 0.521. The van der Waals surface area contributed by atoms with E-state index in [0.29, 0.717) is 22.4 Å². The molecule has 0 fully saturated rings. The zero-order chi connectivity index (χ0) is 13.8. The van der Waals surface area contributed by atoms with Gasteiger partial charge < -0.3 is 8.92 Å². The summed E-state index contributed by atoms with van der Waals surface area (Å²) in [6.07, 6.45) is 1.60. The van der Waals surface area contributed by atoms with Crippen molar-refractivity contribution in [3.05, 3.63) is 28.6 Å². The van der Waals surface area contributed by atoms with Gasteiger partial charge in [0.1, 0.15) is 33.1 Å². The zero-order valence-corrected chi connectivity index (χ0v) is 14.0. The summed E-state index contributed by atoms with van der Waals surface area (Å²) in [5, 5.41) is 0.721. The number of fused-ring (bicyclic) bond motifs is 1. The fraction of sp³-hybridized carbons (Fsp3) is 0.100. The van der Waals surface area contributed by atoms with Crippen molar-refractivity contribution in [1.82, 2.24) is 9.97 Å². The molecule has 0 aliphatic rings. The predicted octanol–water partition coefficient (Wildman–Crippen LogP) is 3.49. The standard InChI is InChI=1S/C10H6BrIN2O4S/c1-16-10(15)7-8(17-19-18-12)6-5(9(11)14-7)3-2-4-13-6/h2-4H,1H3. The van der Waals surface area contributed by atoms with Crippen molar-refractivity contribution in [1.29, 1.82) is 0 Å². The number of carbonyl (C=O) groups is 1. The second kappa shape index (κ2) is 6.68. The Morgan fingerprint density at radius 2 is 2.32 bits per heavy atom. The van der Waals surface area contributed by atoms with Gasteiger partial charge in [-0.15, -0.1) is 0 Å². The first-order chi connectivity index (χ1) is 9.19. The summed E-state index contributed by atoms with van der Waals surface area (Å²) >= 11 is 5.66. The van der Waals surface area contributed by atoms with E-state index in [2.05, 4.69) is 30.6 Å². The second-order valence-electron chi connectivity index (χ2n) is 3.19. The Balaban J connectivity index is 2.68. The van der Waals surface area contributed by atoms with Crippen molar-refractivity contribution in [3.63, 3.8) is 0 Å². The lowest BCUT2D eigenvalue weighted by atomic mass is 10.2. The van der Waals surface area contributed by atoms with Crippen LogP contribution in [0.2, 0.25) is 0 Å². The third-order valence-corrected chi connectivity index (χ3v) is 3.52. The molecule has 0 radical (unpaired) electrons. The lowest BCUT2D eigenvalue weighted by Gasteiger charge is -2.10. The minimum Gasteiger partial charge on any atom is -0.464 e. The van der Waals surface area contributed by atoms with Crippen molar-refractivity contribution in [2.75, 3.05) is 7.11 Å². The number of halogens is 2. The number of esters is 1. The summed E-state index contributed by atoms with van der Waals surface area (Å²) in [4.78, 5) is 20.1. The third-order valence-electron chi connectivity index (χ3n) is 2.19. The SMILES string of the molecule is COC(=O)c1nc(Br)c2cccnc2c1OSOI. The van der Waals surface area contributed by atoms with Crippen LogP contribution in [-0.2, 0) is 7.25 Å². The molecule has 0 unspecified atom stereocenters. The van der Waals surface area contributed by atoms with Crippen molar-refractivity contribution >= 4 is 68.1 Å². The van der Waals surface area contributed by atoms with Gasteiger partial charge >= 0.3 is 5.97 Å². The Bertz CT molecular complexity index is 628. The molecule has 0 saturated carbocycles. The van der Waals surface area contributed by atoms with E-state index < -0.39 is 5.97 Å². The molecule has 0 aliphatic heterocycles. The number of carbonyl (C=O) groups excluding carboxylic acids is 1. The first-order valence-corrected chi connectivity index (χ1v) is 7.17. The van der Waals surface area contributed by atoms with Gasteiger partial charge in [0.05, 0.1) is 7.11 Å². The van der Waals surface area contributed by atoms with Gasteiger partial charge in [0.15, 0.2) is 11.4 Å². The largest absolute Gasteiger partial charge is 0.464 e. The Kier molecular flexibility index (Phi) is 5.19. The van der Waals surface area contributed by atoms with Gasteiger partial charge in [-0.25, -0.2) is 12.3 Å². The van der Waals surface area contributed by atoms with Crippen LogP contribution in [0.5, 0.6) is 5.75 Å². The smallest absolute Gasteiger partial charge is 0.360 e. The van der Waals surface area contributed by atoms with Crippen LogP contribution in [0.15, 0.2) is 22.9 Å². The molecule has 0 atom stereocenters. The zero-order valence-electron chi connectivity index (χ0n) is 9.42. The van der Waals surface area contributed by atoms with E-state index in [1.165, 1.54) is 7.11 Å². The van der Waals surface area contributed by atoms with Crippen LogP contribution >= 0.6 is 51.3 Å². The Labute approximate surface area is 135 Å². The molecule has 0 saturated heterocycles. The minimum absolute atomic E-state index is 0.0292. The number of hydrogen-bond donors (Lipinski definition) is 0. The van der Waals surface area contributed by atoms with Crippen LogP contribution in [0, 0.1) is 0 Å². The molecule has 6 nitrogen and oxygen atoms in total. The maximum Gasteiger partial charge on any atom is 0.360 e. The first-order valence-electron chi connectivity index (χ1n) is 4.83. The summed E-state index contributed by atoms with van der Waals surface area (Å²) in [6.45, 7) is 0. The first kappa shape index (κ1) is 14.8. The normalized spacial score (nSPS) is 10.5. The van der Waals surface area contributed by atoms with Crippen molar-refractivity contribution in [2.24, 2.45) is 0 Å². The fourth-order valence-corrected chi connectivity index (χ4v) is 2.40. The maximum atomic E-state index is 11.7. The number of pyridine rings is 2. The molecule has 0 bridgehead atoms. The number of hydrogen-bond acceptors (Lipinski definition) is 7. The van der Waals surface area contributed by atoms with E-state index in [-0.39, 0.29) is 11.4 Å². The van der Waals surface area contributed by atoms with Crippen LogP contribution < -0.4 is 4.18 Å². The summed E-state index contributed by atoms with van der Waals surface area (Å²) < 4.78 is 15.2. The summed E-state index contributed by atoms with van der Waals surface area (Å²) in [6, 6.07) is 3.57. The van der Waals surface area contributed by atoms with Gasteiger partial charge in [0.2, 0.25) is 12.3 Å². The molecular formula is C10H6BrIN2O4S.